The lowest BCUT2D eigenvalue weighted by Gasteiger charge is -2.28. The van der Waals surface area contributed by atoms with Gasteiger partial charge in [0.1, 0.15) is 0 Å². The van der Waals surface area contributed by atoms with E-state index in [4.69, 9.17) is 4.74 Å². The number of nitrogens with zero attached hydrogens (tertiary/aromatic N) is 2. The first-order valence-corrected chi connectivity index (χ1v) is 8.64. The highest BCUT2D eigenvalue weighted by molar-refractivity contribution is 5.85. The second-order valence-corrected chi connectivity index (χ2v) is 6.82. The molecule has 1 unspecified atom stereocenters. The molecule has 4 nitrogen and oxygen atoms in total. The first-order valence-electron chi connectivity index (χ1n) is 8.64. The van der Waals surface area contributed by atoms with Crippen LogP contribution in [0.1, 0.15) is 31.1 Å². The third-order valence-corrected chi connectivity index (χ3v) is 4.82. The van der Waals surface area contributed by atoms with Crippen LogP contribution in [0.3, 0.4) is 0 Å². The van der Waals surface area contributed by atoms with Gasteiger partial charge in [-0.2, -0.15) is 0 Å². The Morgan fingerprint density at radius 1 is 1.17 bits per heavy atom. The van der Waals surface area contributed by atoms with E-state index < -0.39 is 0 Å². The first-order chi connectivity index (χ1) is 11.1. The highest BCUT2D eigenvalue weighted by Crippen LogP contribution is 2.30. The fraction of sp³-hybridized carbons (Fsp3) is 0.579. The standard InChI is InChI=1S/C19H28N2O2/c1-14(2)21-15(3)18(17-6-4-5-7-19(17)21)12-16(22)13-20-8-10-23-11-9-20/h4-7,14,16,22H,8-13H2,1-3H3. The summed E-state index contributed by atoms with van der Waals surface area (Å²) in [7, 11) is 0. The average molecular weight is 316 g/mol. The molecule has 0 aliphatic carbocycles. The number of benzene rings is 1. The second-order valence-electron chi connectivity index (χ2n) is 6.82. The van der Waals surface area contributed by atoms with Crippen LogP contribution in [0.5, 0.6) is 0 Å². The molecule has 126 valence electrons. The molecule has 1 aliphatic rings. The monoisotopic (exact) mass is 316 g/mol. The van der Waals surface area contributed by atoms with Gasteiger partial charge in [0.25, 0.3) is 0 Å². The predicted molar refractivity (Wildman–Crippen MR) is 94.0 cm³/mol. The van der Waals surface area contributed by atoms with Crippen molar-refractivity contribution in [3.05, 3.63) is 35.5 Å². The Balaban J connectivity index is 1.83. The highest BCUT2D eigenvalue weighted by Gasteiger charge is 2.20. The Hall–Kier alpha value is -1.36. The minimum Gasteiger partial charge on any atom is -0.391 e. The lowest BCUT2D eigenvalue weighted by Crippen LogP contribution is -2.41. The van der Waals surface area contributed by atoms with Gasteiger partial charge in [0.15, 0.2) is 0 Å². The van der Waals surface area contributed by atoms with Crippen LogP contribution >= 0.6 is 0 Å². The summed E-state index contributed by atoms with van der Waals surface area (Å²) in [4.78, 5) is 2.30. The van der Waals surface area contributed by atoms with Crippen LogP contribution in [-0.2, 0) is 11.2 Å². The molecule has 0 saturated carbocycles. The summed E-state index contributed by atoms with van der Waals surface area (Å²) in [6.07, 6.45) is 0.377. The molecule has 1 fully saturated rings. The number of rotatable bonds is 5. The number of para-hydroxylation sites is 1. The molecule has 1 aromatic carbocycles. The smallest absolute Gasteiger partial charge is 0.0708 e. The SMILES string of the molecule is Cc1c(CC(O)CN2CCOCC2)c2ccccc2n1C(C)C. The maximum absolute atomic E-state index is 10.6. The number of β-amino-alcohol motifs (C(OH)–C–C–N with tert-alkyl or cyclic N) is 1. The van der Waals surface area contributed by atoms with Gasteiger partial charge in [-0.15, -0.1) is 0 Å². The van der Waals surface area contributed by atoms with Crippen molar-refractivity contribution in [2.75, 3.05) is 32.8 Å². The Kier molecular flexibility index (Phi) is 5.05. The third kappa shape index (κ3) is 3.44. The van der Waals surface area contributed by atoms with E-state index in [2.05, 4.69) is 54.5 Å². The summed E-state index contributed by atoms with van der Waals surface area (Å²) in [6, 6.07) is 8.96. The average Bonchev–Trinajstić information content (AvgIpc) is 2.81. The third-order valence-electron chi connectivity index (χ3n) is 4.82. The summed E-state index contributed by atoms with van der Waals surface area (Å²) >= 11 is 0. The second kappa shape index (κ2) is 7.04. The van der Waals surface area contributed by atoms with E-state index in [0.29, 0.717) is 12.5 Å². The van der Waals surface area contributed by atoms with Crippen LogP contribution in [0.25, 0.3) is 10.9 Å². The van der Waals surface area contributed by atoms with E-state index >= 15 is 0 Å². The van der Waals surface area contributed by atoms with Gasteiger partial charge in [-0.1, -0.05) is 18.2 Å². The van der Waals surface area contributed by atoms with E-state index in [1.54, 1.807) is 0 Å². The van der Waals surface area contributed by atoms with Crippen molar-refractivity contribution in [3.63, 3.8) is 0 Å². The summed E-state index contributed by atoms with van der Waals surface area (Å²) in [5, 5.41) is 11.9. The van der Waals surface area contributed by atoms with Gasteiger partial charge in [0, 0.05) is 48.7 Å². The Bertz CT molecular complexity index is 657. The topological polar surface area (TPSA) is 37.6 Å². The highest BCUT2D eigenvalue weighted by atomic mass is 16.5. The van der Waals surface area contributed by atoms with Gasteiger partial charge in [-0.05, 0) is 32.4 Å². The van der Waals surface area contributed by atoms with Crippen molar-refractivity contribution < 1.29 is 9.84 Å². The Morgan fingerprint density at radius 2 is 1.87 bits per heavy atom. The fourth-order valence-corrected chi connectivity index (χ4v) is 3.76. The number of hydrogen-bond acceptors (Lipinski definition) is 3. The largest absolute Gasteiger partial charge is 0.391 e. The van der Waals surface area contributed by atoms with Crippen molar-refractivity contribution in [2.24, 2.45) is 0 Å². The molecule has 0 bridgehead atoms. The molecular weight excluding hydrogens is 288 g/mol. The van der Waals surface area contributed by atoms with Gasteiger partial charge >= 0.3 is 0 Å². The summed E-state index contributed by atoms with van der Waals surface area (Å²) in [5.74, 6) is 0. The van der Waals surface area contributed by atoms with E-state index in [1.165, 1.54) is 22.2 Å². The quantitative estimate of drug-likeness (QED) is 0.922. The number of aliphatic hydroxyl groups is 1. The molecule has 1 saturated heterocycles. The summed E-state index contributed by atoms with van der Waals surface area (Å²) in [6.45, 7) is 10.7. The van der Waals surface area contributed by atoms with Crippen molar-refractivity contribution in [1.29, 1.82) is 0 Å². The molecule has 1 atom stereocenters. The molecule has 2 aromatic rings. The number of aliphatic hydroxyl groups excluding tert-OH is 1. The number of hydrogen-bond donors (Lipinski definition) is 1. The van der Waals surface area contributed by atoms with Crippen LogP contribution in [0, 0.1) is 6.92 Å². The summed E-state index contributed by atoms with van der Waals surface area (Å²) < 4.78 is 7.76. The van der Waals surface area contributed by atoms with E-state index in [-0.39, 0.29) is 6.10 Å². The number of aromatic nitrogens is 1. The van der Waals surface area contributed by atoms with Gasteiger partial charge < -0.3 is 14.4 Å². The Labute approximate surface area is 138 Å². The van der Waals surface area contributed by atoms with Crippen LogP contribution in [0.2, 0.25) is 0 Å². The molecule has 0 radical (unpaired) electrons. The molecule has 1 aromatic heterocycles. The number of morpholine rings is 1. The van der Waals surface area contributed by atoms with Crippen molar-refractivity contribution >= 4 is 10.9 Å². The van der Waals surface area contributed by atoms with E-state index in [0.717, 1.165) is 32.8 Å². The van der Waals surface area contributed by atoms with Gasteiger partial charge in [-0.3, -0.25) is 4.90 Å². The van der Waals surface area contributed by atoms with Crippen LogP contribution < -0.4 is 0 Å². The zero-order chi connectivity index (χ0) is 16.4. The van der Waals surface area contributed by atoms with Crippen molar-refractivity contribution in [3.8, 4) is 0 Å². The maximum atomic E-state index is 10.6. The zero-order valence-electron chi connectivity index (χ0n) is 14.5. The van der Waals surface area contributed by atoms with E-state index in [1.807, 2.05) is 0 Å². The molecule has 3 rings (SSSR count). The number of fused-ring (bicyclic) bond motifs is 1. The molecular formula is C19H28N2O2. The molecule has 1 N–H and O–H groups in total. The van der Waals surface area contributed by atoms with Gasteiger partial charge in [0.05, 0.1) is 19.3 Å². The predicted octanol–water partition coefficient (Wildman–Crippen LogP) is 2.77. The minimum absolute atomic E-state index is 0.335. The van der Waals surface area contributed by atoms with Crippen LogP contribution in [0.4, 0.5) is 0 Å². The first kappa shape index (κ1) is 16.5. The maximum Gasteiger partial charge on any atom is 0.0708 e. The van der Waals surface area contributed by atoms with Gasteiger partial charge in [0.2, 0.25) is 0 Å². The fourth-order valence-electron chi connectivity index (χ4n) is 3.76. The van der Waals surface area contributed by atoms with Crippen LogP contribution in [0.15, 0.2) is 24.3 Å². The molecule has 2 heterocycles. The number of ether oxygens (including phenoxy) is 1. The lowest BCUT2D eigenvalue weighted by atomic mass is 10.0. The molecule has 4 heteroatoms. The molecule has 1 aliphatic heterocycles. The molecule has 0 spiro atoms. The van der Waals surface area contributed by atoms with E-state index in [9.17, 15) is 5.11 Å². The normalized spacial score (nSPS) is 18.0. The zero-order valence-corrected chi connectivity index (χ0v) is 14.5. The van der Waals surface area contributed by atoms with Crippen molar-refractivity contribution in [2.45, 2.75) is 39.3 Å². The molecule has 0 amide bonds. The summed E-state index contributed by atoms with van der Waals surface area (Å²) in [5.41, 5.74) is 3.84. The Morgan fingerprint density at radius 3 is 2.57 bits per heavy atom. The van der Waals surface area contributed by atoms with Crippen molar-refractivity contribution in [1.82, 2.24) is 9.47 Å². The molecule has 23 heavy (non-hydrogen) atoms. The van der Waals surface area contributed by atoms with Gasteiger partial charge in [-0.25, -0.2) is 0 Å². The lowest BCUT2D eigenvalue weighted by molar-refractivity contribution is 0.0149. The minimum atomic E-state index is -0.335. The van der Waals surface area contributed by atoms with Crippen LogP contribution in [-0.4, -0.2) is 53.5 Å².